The molecule has 3 rings (SSSR count). The molecule has 0 saturated heterocycles. The van der Waals surface area contributed by atoms with Gasteiger partial charge < -0.3 is 15.2 Å². The zero-order valence-corrected chi connectivity index (χ0v) is 21.1. The predicted octanol–water partition coefficient (Wildman–Crippen LogP) is 5.29. The minimum atomic E-state index is -0.337. The minimum absolute atomic E-state index is 0.0816. The van der Waals surface area contributed by atoms with Gasteiger partial charge in [0.25, 0.3) is 5.91 Å². The van der Waals surface area contributed by atoms with Crippen LogP contribution in [-0.4, -0.2) is 32.3 Å². The van der Waals surface area contributed by atoms with Crippen molar-refractivity contribution in [1.82, 2.24) is 20.1 Å². The monoisotopic (exact) mass is 505 g/mol. The first-order valence-corrected chi connectivity index (χ1v) is 12.0. The summed E-state index contributed by atoms with van der Waals surface area (Å²) in [5.74, 6) is 0.452. The Hall–Kier alpha value is -2.55. The molecule has 2 aromatic carbocycles. The molecule has 0 fully saturated rings. The highest BCUT2D eigenvalue weighted by Crippen LogP contribution is 2.26. The Labute approximate surface area is 207 Å². The number of carbonyl (C=O) groups is 2. The third kappa shape index (κ3) is 6.50. The zero-order chi connectivity index (χ0) is 24.1. The van der Waals surface area contributed by atoms with E-state index in [4.69, 9.17) is 23.2 Å². The van der Waals surface area contributed by atoms with E-state index in [-0.39, 0.29) is 29.5 Å². The van der Waals surface area contributed by atoms with Crippen LogP contribution in [0.3, 0.4) is 0 Å². The van der Waals surface area contributed by atoms with E-state index in [1.165, 1.54) is 11.8 Å². The lowest BCUT2D eigenvalue weighted by molar-refractivity contribution is -0.113. The van der Waals surface area contributed by atoms with Crippen molar-refractivity contribution < 1.29 is 9.59 Å². The molecule has 7 nitrogen and oxygen atoms in total. The molecule has 0 aliphatic carbocycles. The number of aromatic nitrogens is 3. The molecule has 0 spiro atoms. The highest BCUT2D eigenvalue weighted by Gasteiger charge is 2.25. The number of nitrogens with zero attached hydrogens (tertiary/aromatic N) is 3. The quantitative estimate of drug-likeness (QED) is 0.406. The van der Waals surface area contributed by atoms with Gasteiger partial charge in [0, 0.05) is 18.3 Å². The first-order chi connectivity index (χ1) is 15.7. The van der Waals surface area contributed by atoms with Gasteiger partial charge in [-0.1, -0.05) is 66.5 Å². The molecule has 1 aromatic heterocycles. The number of benzene rings is 2. The smallest absolute Gasteiger partial charge is 0.251 e. The summed E-state index contributed by atoms with van der Waals surface area (Å²) in [5, 5.41) is 15.7. The van der Waals surface area contributed by atoms with Crippen LogP contribution in [0.4, 0.5) is 5.69 Å². The molecule has 0 radical (unpaired) electrons. The largest absolute Gasteiger partial charge is 0.342 e. The highest BCUT2D eigenvalue weighted by atomic mass is 35.5. The van der Waals surface area contributed by atoms with Crippen LogP contribution in [0.25, 0.3) is 0 Å². The lowest BCUT2D eigenvalue weighted by Crippen LogP contribution is -2.33. The van der Waals surface area contributed by atoms with E-state index < -0.39 is 0 Å². The average molecular weight is 506 g/mol. The molecule has 1 heterocycles. The molecule has 2 amide bonds. The van der Waals surface area contributed by atoms with Gasteiger partial charge in [-0.25, -0.2) is 0 Å². The molecule has 174 valence electrons. The minimum Gasteiger partial charge on any atom is -0.342 e. The van der Waals surface area contributed by atoms with Crippen LogP contribution in [0, 0.1) is 12.8 Å². The van der Waals surface area contributed by atoms with Crippen molar-refractivity contribution in [2.24, 2.45) is 13.0 Å². The summed E-state index contributed by atoms with van der Waals surface area (Å²) in [7, 11) is 1.82. The van der Waals surface area contributed by atoms with Gasteiger partial charge in [0.1, 0.15) is 0 Å². The van der Waals surface area contributed by atoms with Crippen LogP contribution in [-0.2, 0) is 11.8 Å². The molecule has 0 aliphatic heterocycles. The van der Waals surface area contributed by atoms with Crippen LogP contribution in [0.15, 0.2) is 47.6 Å². The molecular weight excluding hydrogens is 481 g/mol. The second-order valence-electron chi connectivity index (χ2n) is 7.93. The predicted molar refractivity (Wildman–Crippen MR) is 133 cm³/mol. The van der Waals surface area contributed by atoms with E-state index in [2.05, 4.69) is 20.8 Å². The zero-order valence-electron chi connectivity index (χ0n) is 18.7. The molecule has 0 aliphatic rings. The molecular formula is C23H25Cl2N5O2S. The van der Waals surface area contributed by atoms with Crippen molar-refractivity contribution in [2.75, 3.05) is 11.1 Å². The van der Waals surface area contributed by atoms with E-state index >= 15 is 0 Å². The van der Waals surface area contributed by atoms with Crippen LogP contribution in [0.1, 0.15) is 41.6 Å². The first-order valence-electron chi connectivity index (χ1n) is 10.3. The second kappa shape index (κ2) is 11.0. The summed E-state index contributed by atoms with van der Waals surface area (Å²) in [4.78, 5) is 25.1. The fourth-order valence-electron chi connectivity index (χ4n) is 3.08. The summed E-state index contributed by atoms with van der Waals surface area (Å²) in [6.45, 7) is 5.99. The van der Waals surface area contributed by atoms with E-state index in [0.29, 0.717) is 32.3 Å². The Morgan fingerprint density at radius 1 is 1.06 bits per heavy atom. The highest BCUT2D eigenvalue weighted by molar-refractivity contribution is 7.99. The van der Waals surface area contributed by atoms with E-state index in [1.807, 2.05) is 40.0 Å². The summed E-state index contributed by atoms with van der Waals surface area (Å²) in [6, 6.07) is 12.0. The van der Waals surface area contributed by atoms with E-state index in [9.17, 15) is 9.59 Å². The van der Waals surface area contributed by atoms with Crippen molar-refractivity contribution in [3.05, 3.63) is 69.5 Å². The molecule has 2 N–H and O–H groups in total. The Morgan fingerprint density at radius 2 is 1.76 bits per heavy atom. The number of hydrogen-bond acceptors (Lipinski definition) is 5. The van der Waals surface area contributed by atoms with Crippen molar-refractivity contribution in [1.29, 1.82) is 0 Å². The number of hydrogen-bond donors (Lipinski definition) is 2. The number of anilines is 1. The van der Waals surface area contributed by atoms with Crippen molar-refractivity contribution in [3.8, 4) is 0 Å². The van der Waals surface area contributed by atoms with E-state index in [1.54, 1.807) is 34.9 Å². The van der Waals surface area contributed by atoms with Gasteiger partial charge in [0.15, 0.2) is 11.0 Å². The third-order valence-electron chi connectivity index (χ3n) is 4.95. The molecule has 0 bridgehead atoms. The van der Waals surface area contributed by atoms with Crippen LogP contribution < -0.4 is 10.6 Å². The number of rotatable bonds is 8. The number of carbonyl (C=O) groups excluding carboxylic acids is 2. The fraction of sp³-hybridized carbons (Fsp3) is 0.304. The summed E-state index contributed by atoms with van der Waals surface area (Å²) >= 11 is 13.2. The normalized spacial score (nSPS) is 12.0. The van der Waals surface area contributed by atoms with Gasteiger partial charge in [-0.15, -0.1) is 10.2 Å². The summed E-state index contributed by atoms with van der Waals surface area (Å²) in [6.07, 6.45) is 0. The topological polar surface area (TPSA) is 88.9 Å². The van der Waals surface area contributed by atoms with E-state index in [0.717, 1.165) is 5.56 Å². The Bertz CT molecular complexity index is 1150. The summed E-state index contributed by atoms with van der Waals surface area (Å²) < 4.78 is 1.80. The maximum atomic E-state index is 12.8. The standard InChI is InChI=1S/C23H25Cl2N5O2S/c1-13(2)20(27-22(32)15-7-5-14(3)6-8-15)21-28-29-23(30(21)4)33-12-19(31)26-16-9-10-17(24)18(25)11-16/h5-11,13,20H,12H2,1-4H3,(H,26,31)(H,27,32)/t20-/m1/s1. The van der Waals surface area contributed by atoms with Gasteiger partial charge in [0.2, 0.25) is 5.91 Å². The molecule has 3 aromatic rings. The number of halogens is 2. The fourth-order valence-corrected chi connectivity index (χ4v) is 4.10. The van der Waals surface area contributed by atoms with Gasteiger partial charge in [-0.3, -0.25) is 9.59 Å². The Balaban J connectivity index is 1.65. The van der Waals surface area contributed by atoms with Gasteiger partial charge in [0.05, 0.1) is 21.8 Å². The molecule has 1 atom stereocenters. The Morgan fingerprint density at radius 3 is 2.39 bits per heavy atom. The number of nitrogens with one attached hydrogen (secondary N) is 2. The van der Waals surface area contributed by atoms with Gasteiger partial charge in [-0.05, 0) is 43.2 Å². The van der Waals surface area contributed by atoms with Gasteiger partial charge >= 0.3 is 0 Å². The third-order valence-corrected chi connectivity index (χ3v) is 6.71. The molecule has 0 unspecified atom stereocenters. The SMILES string of the molecule is Cc1ccc(C(=O)N[C@@H](c2nnc(SCC(=O)Nc3ccc(Cl)c(Cl)c3)n2C)C(C)C)cc1. The first kappa shape index (κ1) is 25.1. The van der Waals surface area contributed by atoms with Crippen molar-refractivity contribution in [2.45, 2.75) is 32.0 Å². The maximum absolute atomic E-state index is 12.8. The average Bonchev–Trinajstić information content (AvgIpc) is 3.13. The second-order valence-corrected chi connectivity index (χ2v) is 9.68. The summed E-state index contributed by atoms with van der Waals surface area (Å²) in [5.41, 5.74) is 2.24. The van der Waals surface area contributed by atoms with Crippen LogP contribution in [0.2, 0.25) is 10.0 Å². The molecule has 0 saturated carbocycles. The lowest BCUT2D eigenvalue weighted by atomic mass is 10.0. The maximum Gasteiger partial charge on any atom is 0.251 e. The van der Waals surface area contributed by atoms with Crippen molar-refractivity contribution >= 4 is 52.5 Å². The van der Waals surface area contributed by atoms with Gasteiger partial charge in [-0.2, -0.15) is 0 Å². The number of amides is 2. The lowest BCUT2D eigenvalue weighted by Gasteiger charge is -2.21. The molecule has 10 heteroatoms. The van der Waals surface area contributed by atoms with Crippen molar-refractivity contribution in [3.63, 3.8) is 0 Å². The Kier molecular flexibility index (Phi) is 8.40. The van der Waals surface area contributed by atoms with Crippen LogP contribution >= 0.6 is 35.0 Å². The molecule has 33 heavy (non-hydrogen) atoms. The number of thioether (sulfide) groups is 1. The van der Waals surface area contributed by atoms with Crippen LogP contribution in [0.5, 0.6) is 0 Å². The number of aryl methyl sites for hydroxylation is 1.